The molecule has 2 amide bonds. The number of amides is 2. The predicted molar refractivity (Wildman–Crippen MR) is 141 cm³/mol. The standard InChI is InChI=1S/C28H32FN5O2/c1-5-28(36)33-11-10-20(17-33)13-27(31-32(3)4)34(18-35)26-9-8-21(14-24(26)29)22-6-7-23-12-19(2)16-30-25(23)15-22/h6-9,12,14-16,18,20H,5,10-11,13,17H2,1-4H3/b31-27-. The first-order chi connectivity index (χ1) is 17.3. The Morgan fingerprint density at radius 3 is 2.64 bits per heavy atom. The molecule has 0 bridgehead atoms. The third-order valence-electron chi connectivity index (χ3n) is 6.47. The molecule has 1 aliphatic heterocycles. The molecule has 0 aliphatic carbocycles. The van der Waals surface area contributed by atoms with Crippen LogP contribution in [0.25, 0.3) is 22.0 Å². The topological polar surface area (TPSA) is 69.1 Å². The average molecular weight is 490 g/mol. The average Bonchev–Trinajstić information content (AvgIpc) is 3.32. The van der Waals surface area contributed by atoms with E-state index in [1.54, 1.807) is 31.2 Å². The summed E-state index contributed by atoms with van der Waals surface area (Å²) >= 11 is 0. The molecule has 7 nitrogen and oxygen atoms in total. The number of anilines is 1. The highest BCUT2D eigenvalue weighted by atomic mass is 19.1. The number of hydrogen-bond acceptors (Lipinski definition) is 5. The van der Waals surface area contributed by atoms with Crippen molar-refractivity contribution in [1.29, 1.82) is 0 Å². The van der Waals surface area contributed by atoms with Crippen molar-refractivity contribution in [2.24, 2.45) is 11.0 Å². The second kappa shape index (κ2) is 10.8. The second-order valence-electron chi connectivity index (χ2n) is 9.48. The lowest BCUT2D eigenvalue weighted by Crippen LogP contribution is -2.34. The SMILES string of the molecule is CCC(=O)N1CCC(C/C(=N/N(C)C)N(C=O)c2ccc(-c3ccc4cc(C)cnc4c3)cc2F)C1. The normalized spacial score (nSPS) is 15.9. The Hall–Kier alpha value is -3.81. The fourth-order valence-electron chi connectivity index (χ4n) is 4.68. The van der Waals surface area contributed by atoms with Crippen molar-refractivity contribution >= 4 is 34.7 Å². The molecular formula is C28H32FN5O2. The van der Waals surface area contributed by atoms with Crippen LogP contribution in [0.15, 0.2) is 53.8 Å². The van der Waals surface area contributed by atoms with E-state index >= 15 is 4.39 Å². The first-order valence-corrected chi connectivity index (χ1v) is 12.2. The zero-order chi connectivity index (χ0) is 25.8. The number of pyridine rings is 1. The van der Waals surface area contributed by atoms with Gasteiger partial charge >= 0.3 is 0 Å². The maximum Gasteiger partial charge on any atom is 0.222 e. The minimum Gasteiger partial charge on any atom is -0.342 e. The number of benzene rings is 2. The summed E-state index contributed by atoms with van der Waals surface area (Å²) in [6, 6.07) is 12.8. The number of aromatic nitrogens is 1. The maximum absolute atomic E-state index is 15.4. The van der Waals surface area contributed by atoms with E-state index in [4.69, 9.17) is 0 Å². The van der Waals surface area contributed by atoms with E-state index in [2.05, 4.69) is 16.2 Å². The van der Waals surface area contributed by atoms with E-state index < -0.39 is 5.82 Å². The minimum atomic E-state index is -0.516. The Kier molecular flexibility index (Phi) is 7.62. The van der Waals surface area contributed by atoms with Crippen LogP contribution in [0.1, 0.15) is 31.7 Å². The molecule has 8 heteroatoms. The molecule has 0 saturated carbocycles. The number of rotatable bonds is 7. The number of nitrogens with zero attached hydrogens (tertiary/aromatic N) is 5. The van der Waals surface area contributed by atoms with Gasteiger partial charge in [-0.25, -0.2) is 4.39 Å². The van der Waals surface area contributed by atoms with Crippen LogP contribution in [0.5, 0.6) is 0 Å². The summed E-state index contributed by atoms with van der Waals surface area (Å²) in [5.41, 5.74) is 3.60. The van der Waals surface area contributed by atoms with Gasteiger partial charge < -0.3 is 9.91 Å². The van der Waals surface area contributed by atoms with Gasteiger partial charge in [0, 0.05) is 51.6 Å². The lowest BCUT2D eigenvalue weighted by Gasteiger charge is -2.24. The highest BCUT2D eigenvalue weighted by Crippen LogP contribution is 2.30. The van der Waals surface area contributed by atoms with Gasteiger partial charge in [0.2, 0.25) is 12.3 Å². The number of amidine groups is 1. The van der Waals surface area contributed by atoms with Crippen molar-refractivity contribution in [3.63, 3.8) is 0 Å². The number of aryl methyl sites for hydroxylation is 1. The molecule has 2 heterocycles. The number of halogens is 1. The fourth-order valence-corrected chi connectivity index (χ4v) is 4.68. The lowest BCUT2D eigenvalue weighted by molar-refractivity contribution is -0.129. The van der Waals surface area contributed by atoms with Gasteiger partial charge in [0.15, 0.2) is 0 Å². The van der Waals surface area contributed by atoms with E-state index in [1.807, 2.05) is 43.1 Å². The van der Waals surface area contributed by atoms with Crippen LogP contribution < -0.4 is 4.90 Å². The van der Waals surface area contributed by atoms with Crippen LogP contribution in [-0.2, 0) is 9.59 Å². The largest absolute Gasteiger partial charge is 0.342 e. The zero-order valence-electron chi connectivity index (χ0n) is 21.2. The molecule has 1 atom stereocenters. The smallest absolute Gasteiger partial charge is 0.222 e. The van der Waals surface area contributed by atoms with Gasteiger partial charge in [-0.2, -0.15) is 5.10 Å². The third kappa shape index (κ3) is 5.53. The van der Waals surface area contributed by atoms with Crippen molar-refractivity contribution in [3.8, 4) is 11.1 Å². The molecule has 3 aromatic rings. The number of hydrogen-bond donors (Lipinski definition) is 0. The summed E-state index contributed by atoms with van der Waals surface area (Å²) in [6.45, 7) is 5.15. The molecule has 1 saturated heterocycles. The van der Waals surface area contributed by atoms with Gasteiger partial charge in [0.25, 0.3) is 0 Å². The lowest BCUT2D eigenvalue weighted by atomic mass is 10.0. The molecule has 0 spiro atoms. The summed E-state index contributed by atoms with van der Waals surface area (Å²) < 4.78 is 15.4. The highest BCUT2D eigenvalue weighted by Gasteiger charge is 2.29. The first-order valence-electron chi connectivity index (χ1n) is 12.2. The number of fused-ring (bicyclic) bond motifs is 1. The van der Waals surface area contributed by atoms with Crippen LogP contribution in [0.2, 0.25) is 0 Å². The minimum absolute atomic E-state index is 0.122. The molecule has 0 N–H and O–H groups in total. The Morgan fingerprint density at radius 1 is 1.19 bits per heavy atom. The Balaban J connectivity index is 1.60. The molecule has 2 aromatic carbocycles. The molecule has 1 aromatic heterocycles. The number of likely N-dealkylation sites (tertiary alicyclic amines) is 1. The van der Waals surface area contributed by atoms with Crippen molar-refractivity contribution in [3.05, 3.63) is 60.0 Å². The van der Waals surface area contributed by atoms with E-state index in [0.717, 1.165) is 28.5 Å². The molecule has 1 unspecified atom stereocenters. The van der Waals surface area contributed by atoms with Crippen molar-refractivity contribution < 1.29 is 14.0 Å². The number of carbonyl (C=O) groups is 2. The molecule has 1 fully saturated rings. The summed E-state index contributed by atoms with van der Waals surface area (Å²) in [5.74, 6) is 0.203. The maximum atomic E-state index is 15.4. The molecular weight excluding hydrogens is 457 g/mol. The van der Waals surface area contributed by atoms with Gasteiger partial charge in [0.1, 0.15) is 11.7 Å². The van der Waals surface area contributed by atoms with Gasteiger partial charge in [0.05, 0.1) is 11.2 Å². The van der Waals surface area contributed by atoms with E-state index in [1.165, 1.54) is 11.0 Å². The number of hydrazone groups is 1. The van der Waals surface area contributed by atoms with E-state index in [9.17, 15) is 9.59 Å². The highest BCUT2D eigenvalue weighted by molar-refractivity contribution is 6.10. The third-order valence-corrected chi connectivity index (χ3v) is 6.47. The molecule has 1 aliphatic rings. The Labute approximate surface area is 211 Å². The van der Waals surface area contributed by atoms with Crippen molar-refractivity contribution in [2.75, 3.05) is 32.1 Å². The van der Waals surface area contributed by atoms with Crippen LogP contribution in [0.3, 0.4) is 0 Å². The summed E-state index contributed by atoms with van der Waals surface area (Å²) in [7, 11) is 3.53. The van der Waals surface area contributed by atoms with Crippen LogP contribution >= 0.6 is 0 Å². The molecule has 188 valence electrons. The zero-order valence-corrected chi connectivity index (χ0v) is 21.2. The predicted octanol–water partition coefficient (Wildman–Crippen LogP) is 4.84. The number of carbonyl (C=O) groups excluding carboxylic acids is 2. The van der Waals surface area contributed by atoms with Gasteiger partial charge in [-0.1, -0.05) is 25.1 Å². The van der Waals surface area contributed by atoms with Gasteiger partial charge in [-0.15, -0.1) is 0 Å². The molecule has 36 heavy (non-hydrogen) atoms. The first kappa shape index (κ1) is 25.3. The summed E-state index contributed by atoms with van der Waals surface area (Å²) in [5, 5.41) is 7.14. The van der Waals surface area contributed by atoms with Crippen molar-refractivity contribution in [1.82, 2.24) is 14.9 Å². The van der Waals surface area contributed by atoms with E-state index in [0.29, 0.717) is 43.7 Å². The van der Waals surface area contributed by atoms with E-state index in [-0.39, 0.29) is 17.5 Å². The molecule has 4 rings (SSSR count). The Morgan fingerprint density at radius 2 is 1.94 bits per heavy atom. The van der Waals surface area contributed by atoms with Crippen molar-refractivity contribution in [2.45, 2.75) is 33.1 Å². The monoisotopic (exact) mass is 489 g/mol. The quantitative estimate of drug-likeness (QED) is 0.206. The summed E-state index contributed by atoms with van der Waals surface area (Å²) in [4.78, 5) is 31.9. The Bertz CT molecular complexity index is 1310. The van der Waals surface area contributed by atoms with Crippen LogP contribution in [-0.4, -0.2) is 60.2 Å². The van der Waals surface area contributed by atoms with Gasteiger partial charge in [-0.05, 0) is 60.2 Å². The summed E-state index contributed by atoms with van der Waals surface area (Å²) in [6.07, 6.45) is 4.16. The van der Waals surface area contributed by atoms with Crippen LogP contribution in [0, 0.1) is 18.7 Å². The second-order valence-corrected chi connectivity index (χ2v) is 9.48. The molecule has 0 radical (unpaired) electrons. The van der Waals surface area contributed by atoms with Gasteiger partial charge in [-0.3, -0.25) is 19.5 Å². The van der Waals surface area contributed by atoms with Crippen LogP contribution in [0.4, 0.5) is 10.1 Å². The fraction of sp³-hybridized carbons (Fsp3) is 0.357.